The monoisotopic (exact) mass is 1120 g/mol. The summed E-state index contributed by atoms with van der Waals surface area (Å²) in [6, 6.07) is 0. The molecule has 6 nitrogen and oxygen atoms in total. The highest BCUT2D eigenvalue weighted by atomic mass is 16.6. The first kappa shape index (κ1) is 76.3. The van der Waals surface area contributed by atoms with Crippen molar-refractivity contribution in [2.45, 2.75) is 297 Å². The molecule has 0 saturated heterocycles. The number of allylic oxidation sites excluding steroid dienone is 24. The Balaban J connectivity index is 4.47. The SMILES string of the molecule is CC/C=C\C/C=C\C/C=C\C/C=C\C/C=C\C/C=C\C/C=C\CCCCCCCC(=O)OCC(COC(=O)CCCCCCCCCCCCCCCCCCC)OC(=O)CCCCC/C=C\C/C=C\C/C=C\C/C=C\C/C=C\CC. The van der Waals surface area contributed by atoms with Crippen LogP contribution in [-0.4, -0.2) is 37.2 Å². The van der Waals surface area contributed by atoms with Crippen LogP contribution >= 0.6 is 0 Å². The van der Waals surface area contributed by atoms with Crippen LogP contribution in [0.1, 0.15) is 290 Å². The molecule has 0 aromatic heterocycles. The number of esters is 3. The first-order chi connectivity index (χ1) is 40.0. The third kappa shape index (κ3) is 66.0. The Morgan fingerprint density at radius 2 is 0.481 bits per heavy atom. The normalized spacial score (nSPS) is 13.1. The molecule has 0 spiro atoms. The van der Waals surface area contributed by atoms with Crippen LogP contribution in [0, 0.1) is 0 Å². The van der Waals surface area contributed by atoms with E-state index in [0.29, 0.717) is 12.8 Å². The van der Waals surface area contributed by atoms with E-state index in [0.717, 1.165) is 161 Å². The van der Waals surface area contributed by atoms with E-state index in [-0.39, 0.29) is 37.5 Å². The van der Waals surface area contributed by atoms with Gasteiger partial charge in [-0.2, -0.15) is 0 Å². The molecular weight excluding hydrogens is 997 g/mol. The molecule has 0 aliphatic carbocycles. The van der Waals surface area contributed by atoms with Crippen molar-refractivity contribution in [3.63, 3.8) is 0 Å². The van der Waals surface area contributed by atoms with Crippen LogP contribution in [0.15, 0.2) is 146 Å². The van der Waals surface area contributed by atoms with E-state index < -0.39 is 6.10 Å². The highest BCUT2D eigenvalue weighted by Gasteiger charge is 2.19. The van der Waals surface area contributed by atoms with Gasteiger partial charge in [0.05, 0.1) is 0 Å². The Bertz CT molecular complexity index is 1760. The second-order valence-electron chi connectivity index (χ2n) is 21.6. The summed E-state index contributed by atoms with van der Waals surface area (Å²) in [7, 11) is 0. The lowest BCUT2D eigenvalue weighted by Gasteiger charge is -2.18. The molecule has 0 heterocycles. The number of hydrogen-bond acceptors (Lipinski definition) is 6. The zero-order valence-corrected chi connectivity index (χ0v) is 52.5. The largest absolute Gasteiger partial charge is 0.462 e. The van der Waals surface area contributed by atoms with E-state index in [4.69, 9.17) is 14.2 Å². The van der Waals surface area contributed by atoms with Gasteiger partial charge in [0, 0.05) is 19.3 Å². The number of rotatable bonds is 59. The molecule has 0 amide bonds. The molecule has 0 fully saturated rings. The van der Waals surface area contributed by atoms with Crippen LogP contribution in [0.3, 0.4) is 0 Å². The summed E-state index contributed by atoms with van der Waals surface area (Å²) in [5.74, 6) is -0.948. The average molecular weight is 1120 g/mol. The molecule has 0 saturated carbocycles. The van der Waals surface area contributed by atoms with E-state index in [9.17, 15) is 14.4 Å². The molecule has 0 aliphatic rings. The van der Waals surface area contributed by atoms with Crippen LogP contribution in [-0.2, 0) is 28.6 Å². The van der Waals surface area contributed by atoms with Crippen molar-refractivity contribution < 1.29 is 28.6 Å². The third-order valence-corrected chi connectivity index (χ3v) is 13.8. The molecule has 1 atom stereocenters. The smallest absolute Gasteiger partial charge is 0.306 e. The van der Waals surface area contributed by atoms with Gasteiger partial charge >= 0.3 is 17.9 Å². The van der Waals surface area contributed by atoms with Gasteiger partial charge in [-0.25, -0.2) is 0 Å². The summed E-state index contributed by atoms with van der Waals surface area (Å²) < 4.78 is 16.9. The molecule has 0 aliphatic heterocycles. The molecule has 81 heavy (non-hydrogen) atoms. The van der Waals surface area contributed by atoms with Crippen LogP contribution in [0.25, 0.3) is 0 Å². The lowest BCUT2D eigenvalue weighted by atomic mass is 10.0. The molecule has 0 N–H and O–H groups in total. The predicted octanol–water partition coefficient (Wildman–Crippen LogP) is 23.1. The highest BCUT2D eigenvalue weighted by molar-refractivity contribution is 5.71. The van der Waals surface area contributed by atoms with Crippen molar-refractivity contribution >= 4 is 17.9 Å². The third-order valence-electron chi connectivity index (χ3n) is 13.8. The summed E-state index contributed by atoms with van der Waals surface area (Å²) in [4.78, 5) is 38.4. The Morgan fingerprint density at radius 3 is 0.765 bits per heavy atom. The molecule has 458 valence electrons. The van der Waals surface area contributed by atoms with Gasteiger partial charge in [-0.3, -0.25) is 14.4 Å². The van der Waals surface area contributed by atoms with Gasteiger partial charge in [-0.1, -0.05) is 295 Å². The second kappa shape index (κ2) is 67.8. The van der Waals surface area contributed by atoms with Crippen LogP contribution < -0.4 is 0 Å². The molecule has 0 aromatic rings. The minimum Gasteiger partial charge on any atom is -0.462 e. The van der Waals surface area contributed by atoms with E-state index in [1.54, 1.807) is 0 Å². The summed E-state index contributed by atoms with van der Waals surface area (Å²) in [6.45, 7) is 6.39. The molecule has 6 heteroatoms. The maximum atomic E-state index is 12.9. The number of carbonyl (C=O) groups is 3. The molecular formula is C75H122O6. The Labute approximate surface area is 499 Å². The summed E-state index contributed by atoms with van der Waals surface area (Å²) in [6.07, 6.45) is 97.1. The van der Waals surface area contributed by atoms with Gasteiger partial charge in [-0.15, -0.1) is 0 Å². The predicted molar refractivity (Wildman–Crippen MR) is 352 cm³/mol. The Hall–Kier alpha value is -4.71. The van der Waals surface area contributed by atoms with E-state index in [1.807, 2.05) is 0 Å². The van der Waals surface area contributed by atoms with Crippen molar-refractivity contribution in [3.05, 3.63) is 146 Å². The number of carbonyl (C=O) groups excluding carboxylic acids is 3. The quantitative estimate of drug-likeness (QED) is 0.0261. The Morgan fingerprint density at radius 1 is 0.259 bits per heavy atom. The van der Waals surface area contributed by atoms with Crippen molar-refractivity contribution in [3.8, 4) is 0 Å². The highest BCUT2D eigenvalue weighted by Crippen LogP contribution is 2.16. The van der Waals surface area contributed by atoms with Gasteiger partial charge in [0.25, 0.3) is 0 Å². The number of hydrogen-bond donors (Lipinski definition) is 0. The fourth-order valence-corrected chi connectivity index (χ4v) is 8.92. The number of unbranched alkanes of at least 4 members (excludes halogenated alkanes) is 24. The maximum Gasteiger partial charge on any atom is 0.306 e. The van der Waals surface area contributed by atoms with Crippen molar-refractivity contribution in [1.29, 1.82) is 0 Å². The standard InChI is InChI=1S/C75H122O6/c1-4-7-10-13-16-19-22-25-28-31-33-34-35-36-37-38-39-40-42-44-47-50-53-56-59-62-65-68-74(77)80-71-72(70-79-73(76)67-64-61-58-55-52-49-46-43-30-27-24-21-18-15-12-9-6-3)81-75(78)69-66-63-60-57-54-51-48-45-41-32-29-26-23-20-17-14-11-8-5-2/h7-8,10-11,16-17,19-20,25-26,28-29,33-34,36-37,39-41,44-45,47,51,54,72H,4-6,9,12-15,18,21-24,27,30-32,35,38,42-43,46,48-50,52-53,55-71H2,1-3H3/b10-7-,11-8-,19-16-,20-17-,28-25-,29-26-,34-33-,37-36-,40-39-,45-41-,47-44-,54-51-. The van der Waals surface area contributed by atoms with Crippen LogP contribution in [0.4, 0.5) is 0 Å². The molecule has 0 rings (SSSR count). The summed E-state index contributed by atoms with van der Waals surface area (Å²) in [5.41, 5.74) is 0. The lowest BCUT2D eigenvalue weighted by Crippen LogP contribution is -2.30. The Kier molecular flexibility index (Phi) is 63.9. The van der Waals surface area contributed by atoms with E-state index >= 15 is 0 Å². The van der Waals surface area contributed by atoms with Crippen LogP contribution in [0.2, 0.25) is 0 Å². The zero-order valence-electron chi connectivity index (χ0n) is 52.5. The molecule has 0 radical (unpaired) electrons. The average Bonchev–Trinajstić information content (AvgIpc) is 3.47. The van der Waals surface area contributed by atoms with E-state index in [2.05, 4.69) is 167 Å². The second-order valence-corrected chi connectivity index (χ2v) is 21.6. The molecule has 0 bridgehead atoms. The zero-order chi connectivity index (χ0) is 58.5. The molecule has 1 unspecified atom stereocenters. The fraction of sp³-hybridized carbons (Fsp3) is 0.640. The van der Waals surface area contributed by atoms with Crippen molar-refractivity contribution in [2.75, 3.05) is 13.2 Å². The summed E-state index contributed by atoms with van der Waals surface area (Å²) in [5, 5.41) is 0. The fourth-order valence-electron chi connectivity index (χ4n) is 8.92. The van der Waals surface area contributed by atoms with Gasteiger partial charge in [-0.05, 0) is 122 Å². The molecule has 0 aromatic carbocycles. The lowest BCUT2D eigenvalue weighted by molar-refractivity contribution is -0.167. The van der Waals surface area contributed by atoms with Gasteiger partial charge < -0.3 is 14.2 Å². The minimum atomic E-state index is -0.810. The topological polar surface area (TPSA) is 78.9 Å². The van der Waals surface area contributed by atoms with Crippen LogP contribution in [0.5, 0.6) is 0 Å². The number of ether oxygens (including phenoxy) is 3. The minimum absolute atomic E-state index is 0.100. The summed E-state index contributed by atoms with van der Waals surface area (Å²) >= 11 is 0. The van der Waals surface area contributed by atoms with E-state index in [1.165, 1.54) is 89.9 Å². The van der Waals surface area contributed by atoms with Crippen molar-refractivity contribution in [2.24, 2.45) is 0 Å². The first-order valence-electron chi connectivity index (χ1n) is 33.3. The van der Waals surface area contributed by atoms with Crippen molar-refractivity contribution in [1.82, 2.24) is 0 Å². The van der Waals surface area contributed by atoms with Gasteiger partial charge in [0.2, 0.25) is 0 Å². The first-order valence-corrected chi connectivity index (χ1v) is 33.3. The maximum absolute atomic E-state index is 12.9. The van der Waals surface area contributed by atoms with Gasteiger partial charge in [0.1, 0.15) is 13.2 Å². The van der Waals surface area contributed by atoms with Gasteiger partial charge in [0.15, 0.2) is 6.10 Å².